The highest BCUT2D eigenvalue weighted by molar-refractivity contribution is 7.25. The first kappa shape index (κ1) is 35.6. The second-order valence-corrected chi connectivity index (χ2v) is 17.0. The van der Waals surface area contributed by atoms with Crippen LogP contribution in [0.15, 0.2) is 212 Å². The summed E-state index contributed by atoms with van der Waals surface area (Å²) in [4.78, 5) is 16.2. The summed E-state index contributed by atoms with van der Waals surface area (Å²) in [5.74, 6) is 1.90. The Balaban J connectivity index is 1.10. The van der Waals surface area contributed by atoms with Crippen molar-refractivity contribution in [3.05, 3.63) is 212 Å². The maximum absolute atomic E-state index is 5.46. The molecule has 0 N–H and O–H groups in total. The van der Waals surface area contributed by atoms with Gasteiger partial charge in [-0.3, -0.25) is 0 Å². The molecule has 0 atom stereocenters. The molecule has 0 amide bonds. The molecule has 9 aromatic carbocycles. The highest BCUT2D eigenvalue weighted by atomic mass is 32.1. The standard InChI is InChI=1S/C57H35N5S/c1-3-17-36(18-4-1)37-19-13-20-38(35-37)55-58-56(60-57(59-55)45-28-16-34-51-53(45)43-25-9-12-33-50(43)63-51)44-27-15-31-48-52(44)42-24-8-11-30-47(42)62(48)49-32-14-26-41-40-23-7-10-29-46(40)61(54(41)49)39-21-5-2-6-22-39/h1-35H. The van der Waals surface area contributed by atoms with Crippen LogP contribution in [0.25, 0.3) is 120 Å². The Morgan fingerprint density at radius 3 is 1.68 bits per heavy atom. The fourth-order valence-corrected chi connectivity index (χ4v) is 10.8. The summed E-state index contributed by atoms with van der Waals surface area (Å²) in [5, 5.41) is 7.00. The van der Waals surface area contributed by atoms with Crippen molar-refractivity contribution >= 4 is 75.1 Å². The van der Waals surface area contributed by atoms with Gasteiger partial charge in [-0.25, -0.2) is 15.0 Å². The molecule has 0 saturated heterocycles. The van der Waals surface area contributed by atoms with Gasteiger partial charge in [0.1, 0.15) is 0 Å². The summed E-state index contributed by atoms with van der Waals surface area (Å²) in [6, 6.07) is 75.5. The number of benzene rings is 9. The highest BCUT2D eigenvalue weighted by Crippen LogP contribution is 2.44. The molecule has 5 nitrogen and oxygen atoms in total. The lowest BCUT2D eigenvalue weighted by Gasteiger charge is -2.14. The molecule has 0 aliphatic carbocycles. The smallest absolute Gasteiger partial charge is 0.164 e. The van der Waals surface area contributed by atoms with E-state index >= 15 is 0 Å². The third-order valence-electron chi connectivity index (χ3n) is 12.4. The van der Waals surface area contributed by atoms with E-state index in [1.807, 2.05) is 6.07 Å². The lowest BCUT2D eigenvalue weighted by molar-refractivity contribution is 1.08. The van der Waals surface area contributed by atoms with Crippen molar-refractivity contribution in [3.8, 4) is 56.7 Å². The van der Waals surface area contributed by atoms with Crippen molar-refractivity contribution in [2.75, 3.05) is 0 Å². The third-order valence-corrected chi connectivity index (χ3v) is 13.5. The van der Waals surface area contributed by atoms with E-state index in [-0.39, 0.29) is 0 Å². The van der Waals surface area contributed by atoms with Crippen molar-refractivity contribution < 1.29 is 0 Å². The van der Waals surface area contributed by atoms with Crippen LogP contribution in [-0.2, 0) is 0 Å². The zero-order chi connectivity index (χ0) is 41.4. The second kappa shape index (κ2) is 14.2. The average molecular weight is 822 g/mol. The molecule has 0 aliphatic rings. The fourth-order valence-electron chi connectivity index (χ4n) is 9.67. The molecule has 4 heterocycles. The van der Waals surface area contributed by atoms with E-state index in [9.17, 15) is 0 Å². The predicted octanol–water partition coefficient (Wildman–Crippen LogP) is 15.1. The van der Waals surface area contributed by atoms with Crippen molar-refractivity contribution in [2.45, 2.75) is 0 Å². The molecule has 63 heavy (non-hydrogen) atoms. The molecule has 0 radical (unpaired) electrons. The molecule has 4 aromatic heterocycles. The Bertz CT molecular complexity index is 3920. The topological polar surface area (TPSA) is 48.5 Å². The summed E-state index contributed by atoms with van der Waals surface area (Å²) in [5.41, 5.74) is 11.8. The molecule has 0 spiro atoms. The molecular weight excluding hydrogens is 787 g/mol. The molecule has 0 saturated carbocycles. The van der Waals surface area contributed by atoms with Crippen LogP contribution in [0.3, 0.4) is 0 Å². The summed E-state index contributed by atoms with van der Waals surface area (Å²) >= 11 is 1.80. The molecule has 0 unspecified atom stereocenters. The SMILES string of the molecule is c1ccc(-c2cccc(-c3nc(-c4cccc5sc6ccccc6c45)nc(-c4cccc5c4c4ccccc4n5-c4cccc5c6ccccc6n(-c6ccccc6)c45)n3)c2)cc1. The number of nitrogens with zero attached hydrogens (tertiary/aromatic N) is 5. The van der Waals surface area contributed by atoms with Crippen LogP contribution in [-0.4, -0.2) is 24.1 Å². The molecule has 13 rings (SSSR count). The quantitative estimate of drug-likeness (QED) is 0.168. The van der Waals surface area contributed by atoms with Crippen LogP contribution in [0.4, 0.5) is 0 Å². The van der Waals surface area contributed by atoms with Crippen molar-refractivity contribution in [1.29, 1.82) is 0 Å². The summed E-state index contributed by atoms with van der Waals surface area (Å²) < 4.78 is 7.28. The normalized spacial score (nSPS) is 11.8. The van der Waals surface area contributed by atoms with Gasteiger partial charge >= 0.3 is 0 Å². The molecular formula is C57H35N5S. The van der Waals surface area contributed by atoms with Gasteiger partial charge in [-0.2, -0.15) is 0 Å². The van der Waals surface area contributed by atoms with Crippen LogP contribution in [0.5, 0.6) is 0 Å². The van der Waals surface area contributed by atoms with E-state index in [2.05, 4.69) is 215 Å². The van der Waals surface area contributed by atoms with Gasteiger partial charge in [-0.05, 0) is 65.7 Å². The minimum Gasteiger partial charge on any atom is -0.307 e. The number of rotatable bonds is 6. The Morgan fingerprint density at radius 2 is 0.873 bits per heavy atom. The molecule has 0 fully saturated rings. The van der Waals surface area contributed by atoms with Gasteiger partial charge in [-0.1, -0.05) is 158 Å². The molecule has 294 valence electrons. The maximum Gasteiger partial charge on any atom is 0.164 e. The molecule has 13 aromatic rings. The minimum atomic E-state index is 0.627. The Morgan fingerprint density at radius 1 is 0.333 bits per heavy atom. The predicted molar refractivity (Wildman–Crippen MR) is 263 cm³/mol. The van der Waals surface area contributed by atoms with Gasteiger partial charge in [0, 0.05) is 64.1 Å². The largest absolute Gasteiger partial charge is 0.307 e. The van der Waals surface area contributed by atoms with E-state index < -0.39 is 0 Å². The first-order valence-electron chi connectivity index (χ1n) is 21.2. The van der Waals surface area contributed by atoms with Gasteiger partial charge < -0.3 is 9.13 Å². The minimum absolute atomic E-state index is 0.627. The first-order valence-corrected chi connectivity index (χ1v) is 22.0. The Kier molecular flexibility index (Phi) is 8.01. The fraction of sp³-hybridized carbons (Fsp3) is 0. The van der Waals surface area contributed by atoms with E-state index in [0.717, 1.165) is 71.9 Å². The number of hydrogen-bond donors (Lipinski definition) is 0. The number of thiophene rings is 1. The van der Waals surface area contributed by atoms with Crippen molar-refractivity contribution in [2.24, 2.45) is 0 Å². The maximum atomic E-state index is 5.46. The summed E-state index contributed by atoms with van der Waals surface area (Å²) in [6.45, 7) is 0. The van der Waals surface area contributed by atoms with Crippen LogP contribution in [0.2, 0.25) is 0 Å². The Labute approximate surface area is 366 Å². The average Bonchev–Trinajstić information content (AvgIpc) is 4.03. The van der Waals surface area contributed by atoms with E-state index in [0.29, 0.717) is 17.5 Å². The van der Waals surface area contributed by atoms with Crippen molar-refractivity contribution in [3.63, 3.8) is 0 Å². The lowest BCUT2D eigenvalue weighted by atomic mass is 10.0. The van der Waals surface area contributed by atoms with Gasteiger partial charge in [0.15, 0.2) is 17.5 Å². The van der Waals surface area contributed by atoms with Gasteiger partial charge in [0.2, 0.25) is 0 Å². The summed E-state index contributed by atoms with van der Waals surface area (Å²) in [6.07, 6.45) is 0. The van der Waals surface area contributed by atoms with Gasteiger partial charge in [-0.15, -0.1) is 11.3 Å². The van der Waals surface area contributed by atoms with Crippen LogP contribution in [0, 0.1) is 0 Å². The van der Waals surface area contributed by atoms with Gasteiger partial charge in [0.05, 0.1) is 27.8 Å². The third kappa shape index (κ3) is 5.59. The summed E-state index contributed by atoms with van der Waals surface area (Å²) in [7, 11) is 0. The van der Waals surface area contributed by atoms with E-state index in [1.165, 1.54) is 31.1 Å². The zero-order valence-corrected chi connectivity index (χ0v) is 34.7. The highest BCUT2D eigenvalue weighted by Gasteiger charge is 2.24. The van der Waals surface area contributed by atoms with Crippen LogP contribution < -0.4 is 0 Å². The lowest BCUT2D eigenvalue weighted by Crippen LogP contribution is -2.01. The first-order chi connectivity index (χ1) is 31.3. The second-order valence-electron chi connectivity index (χ2n) is 15.9. The molecule has 0 bridgehead atoms. The number of aromatic nitrogens is 5. The molecule has 0 aliphatic heterocycles. The van der Waals surface area contributed by atoms with E-state index in [4.69, 9.17) is 15.0 Å². The number of hydrogen-bond acceptors (Lipinski definition) is 4. The number of fused-ring (bicyclic) bond motifs is 9. The monoisotopic (exact) mass is 821 g/mol. The number of para-hydroxylation sites is 4. The van der Waals surface area contributed by atoms with Crippen molar-refractivity contribution in [1.82, 2.24) is 24.1 Å². The van der Waals surface area contributed by atoms with Crippen LogP contribution >= 0.6 is 11.3 Å². The van der Waals surface area contributed by atoms with Crippen LogP contribution in [0.1, 0.15) is 0 Å². The van der Waals surface area contributed by atoms with E-state index in [1.54, 1.807) is 11.3 Å². The molecule has 6 heteroatoms. The Hall–Kier alpha value is -8.19. The van der Waals surface area contributed by atoms with Gasteiger partial charge in [0.25, 0.3) is 0 Å². The zero-order valence-electron chi connectivity index (χ0n) is 33.9.